The number of aromatic nitrogens is 2. The van der Waals surface area contributed by atoms with Gasteiger partial charge in [0.1, 0.15) is 23.9 Å². The van der Waals surface area contributed by atoms with Crippen LogP contribution in [0.15, 0.2) is 24.4 Å². The Labute approximate surface area is 158 Å². The van der Waals surface area contributed by atoms with Crippen LogP contribution in [0.3, 0.4) is 0 Å². The highest BCUT2D eigenvalue weighted by molar-refractivity contribution is 6.30. The quantitative estimate of drug-likeness (QED) is 0.842. The molecule has 5 nitrogen and oxygen atoms in total. The van der Waals surface area contributed by atoms with E-state index in [0.717, 1.165) is 11.3 Å². The Kier molecular flexibility index (Phi) is 4.53. The number of aryl methyl sites for hydroxylation is 1. The zero-order valence-corrected chi connectivity index (χ0v) is 15.0. The lowest BCUT2D eigenvalue weighted by atomic mass is 9.99. The number of nitrogens with one attached hydrogen (secondary N) is 1. The van der Waals surface area contributed by atoms with Gasteiger partial charge in [-0.15, -0.1) is 0 Å². The molecule has 1 aromatic heterocycles. The van der Waals surface area contributed by atoms with E-state index in [1.54, 1.807) is 18.2 Å². The van der Waals surface area contributed by atoms with Crippen LogP contribution in [0.5, 0.6) is 5.75 Å². The third kappa shape index (κ3) is 3.76. The molecule has 0 saturated carbocycles. The summed E-state index contributed by atoms with van der Waals surface area (Å²) >= 11 is 5.99. The van der Waals surface area contributed by atoms with E-state index in [-0.39, 0.29) is 31.1 Å². The number of halogens is 4. The molecule has 3 heterocycles. The summed E-state index contributed by atoms with van der Waals surface area (Å²) in [4.78, 5) is 16.7. The molecule has 0 unspecified atom stereocenters. The number of carbonyl (C=O) groups is 1. The lowest BCUT2D eigenvalue weighted by Gasteiger charge is -2.26. The fraction of sp³-hybridized carbons (Fsp3) is 0.444. The Morgan fingerprint density at radius 3 is 2.96 bits per heavy atom. The number of amides is 1. The molecule has 144 valence electrons. The number of rotatable bonds is 2. The number of carbonyl (C=O) groups excluding carboxylic acids is 1. The molecule has 2 aromatic rings. The fourth-order valence-corrected chi connectivity index (χ4v) is 3.73. The highest BCUT2D eigenvalue weighted by Crippen LogP contribution is 2.34. The molecule has 0 radical (unpaired) electrons. The number of fused-ring (bicyclic) bond motifs is 2. The van der Waals surface area contributed by atoms with Gasteiger partial charge >= 0.3 is 6.18 Å². The first-order valence-corrected chi connectivity index (χ1v) is 9.02. The molecule has 1 N–H and O–H groups in total. The van der Waals surface area contributed by atoms with Crippen LogP contribution in [0.1, 0.15) is 28.3 Å². The molecule has 0 aliphatic carbocycles. The molecular formula is C18H17ClF3N3O2. The van der Waals surface area contributed by atoms with E-state index < -0.39 is 18.0 Å². The van der Waals surface area contributed by atoms with E-state index in [9.17, 15) is 18.0 Å². The van der Waals surface area contributed by atoms with Gasteiger partial charge in [0.2, 0.25) is 0 Å². The second-order valence-corrected chi connectivity index (χ2v) is 7.35. The van der Waals surface area contributed by atoms with E-state index in [0.29, 0.717) is 23.9 Å². The summed E-state index contributed by atoms with van der Waals surface area (Å²) in [7, 11) is 0. The van der Waals surface area contributed by atoms with Crippen molar-refractivity contribution in [2.45, 2.75) is 38.0 Å². The van der Waals surface area contributed by atoms with Gasteiger partial charge in [-0.25, -0.2) is 4.98 Å². The molecule has 2 aliphatic heterocycles. The van der Waals surface area contributed by atoms with Gasteiger partial charge in [-0.3, -0.25) is 4.79 Å². The van der Waals surface area contributed by atoms with Crippen molar-refractivity contribution in [2.24, 2.45) is 5.92 Å². The smallest absolute Gasteiger partial charge is 0.393 e. The molecular weight excluding hydrogens is 383 g/mol. The molecule has 27 heavy (non-hydrogen) atoms. The van der Waals surface area contributed by atoms with Crippen LogP contribution in [-0.2, 0) is 19.4 Å². The molecule has 2 atom stereocenters. The number of imidazole rings is 1. The monoisotopic (exact) mass is 399 g/mol. The van der Waals surface area contributed by atoms with Gasteiger partial charge in [0.05, 0.1) is 12.0 Å². The molecule has 9 heteroatoms. The average molecular weight is 400 g/mol. The van der Waals surface area contributed by atoms with Crippen LogP contribution in [0, 0.1) is 5.92 Å². The largest absolute Gasteiger partial charge is 0.491 e. The minimum Gasteiger partial charge on any atom is -0.491 e. The molecule has 2 aliphatic rings. The van der Waals surface area contributed by atoms with Gasteiger partial charge in [-0.2, -0.15) is 13.2 Å². The summed E-state index contributed by atoms with van der Waals surface area (Å²) in [6, 6.07) is 5.06. The third-order valence-electron chi connectivity index (χ3n) is 4.95. The summed E-state index contributed by atoms with van der Waals surface area (Å²) < 4.78 is 45.8. The number of benzene rings is 1. The van der Waals surface area contributed by atoms with E-state index in [4.69, 9.17) is 16.3 Å². The van der Waals surface area contributed by atoms with Crippen molar-refractivity contribution in [1.29, 1.82) is 0 Å². The van der Waals surface area contributed by atoms with Gasteiger partial charge in [0.15, 0.2) is 0 Å². The Morgan fingerprint density at radius 1 is 1.37 bits per heavy atom. The zero-order chi connectivity index (χ0) is 19.2. The molecule has 0 saturated heterocycles. The molecule has 0 spiro atoms. The maximum absolute atomic E-state index is 12.9. The molecule has 0 fully saturated rings. The lowest BCUT2D eigenvalue weighted by Crippen LogP contribution is -2.42. The fourth-order valence-electron chi connectivity index (χ4n) is 3.54. The minimum atomic E-state index is -4.24. The van der Waals surface area contributed by atoms with Crippen LogP contribution in [-0.4, -0.2) is 34.3 Å². The standard InChI is InChI=1S/C18H17ClF3N3O2/c19-12-2-3-15-10(5-12)6-13(9-27-15)23-17(26)14-8-25-7-11(18(20,21)22)1-4-16(25)24-14/h2-3,5,8,11,13H,1,4,6-7,9H2,(H,23,26)/t11-,13+/m0/s1. The number of hydrogen-bond donors (Lipinski definition) is 1. The predicted molar refractivity (Wildman–Crippen MR) is 92.0 cm³/mol. The summed E-state index contributed by atoms with van der Waals surface area (Å²) in [5.41, 5.74) is 1.03. The van der Waals surface area contributed by atoms with E-state index in [1.807, 2.05) is 0 Å². The van der Waals surface area contributed by atoms with Crippen molar-refractivity contribution in [3.8, 4) is 5.75 Å². The second-order valence-electron chi connectivity index (χ2n) is 6.91. The van der Waals surface area contributed by atoms with Crippen molar-refractivity contribution in [1.82, 2.24) is 14.9 Å². The van der Waals surface area contributed by atoms with Gasteiger partial charge in [0.25, 0.3) is 5.91 Å². The van der Waals surface area contributed by atoms with Crippen LogP contribution in [0.2, 0.25) is 5.02 Å². The van der Waals surface area contributed by atoms with E-state index in [2.05, 4.69) is 10.3 Å². The summed E-state index contributed by atoms with van der Waals surface area (Å²) in [6.07, 6.45) is -2.08. The third-order valence-corrected chi connectivity index (χ3v) is 5.19. The Bertz CT molecular complexity index is 881. The first-order chi connectivity index (χ1) is 12.8. The van der Waals surface area contributed by atoms with Crippen LogP contribution in [0.25, 0.3) is 0 Å². The molecule has 4 rings (SSSR count). The number of hydrogen-bond acceptors (Lipinski definition) is 3. The molecule has 0 bridgehead atoms. The van der Waals surface area contributed by atoms with Crippen molar-refractivity contribution < 1.29 is 22.7 Å². The lowest BCUT2D eigenvalue weighted by molar-refractivity contribution is -0.182. The zero-order valence-electron chi connectivity index (χ0n) is 14.2. The summed E-state index contributed by atoms with van der Waals surface area (Å²) in [5.74, 6) is -0.569. The predicted octanol–water partition coefficient (Wildman–Crippen LogP) is 3.39. The SMILES string of the molecule is O=C(N[C@H]1COc2ccc(Cl)cc2C1)c1cn2c(n1)CC[C@H](C(F)(F)F)C2. The number of alkyl halides is 3. The summed E-state index contributed by atoms with van der Waals surface area (Å²) in [6.45, 7) is 0.113. The maximum atomic E-state index is 12.9. The highest BCUT2D eigenvalue weighted by Gasteiger charge is 2.41. The maximum Gasteiger partial charge on any atom is 0.393 e. The Hall–Kier alpha value is -2.22. The number of nitrogens with zero attached hydrogens (tertiary/aromatic N) is 2. The topological polar surface area (TPSA) is 56.1 Å². The van der Waals surface area contributed by atoms with Gasteiger partial charge in [-0.1, -0.05) is 11.6 Å². The highest BCUT2D eigenvalue weighted by atomic mass is 35.5. The first-order valence-electron chi connectivity index (χ1n) is 8.64. The van der Waals surface area contributed by atoms with Crippen LogP contribution >= 0.6 is 11.6 Å². The van der Waals surface area contributed by atoms with Crippen molar-refractivity contribution in [3.63, 3.8) is 0 Å². The summed E-state index contributed by atoms with van der Waals surface area (Å²) in [5, 5.41) is 3.43. The van der Waals surface area contributed by atoms with Gasteiger partial charge in [-0.05, 0) is 36.6 Å². The van der Waals surface area contributed by atoms with Crippen molar-refractivity contribution >= 4 is 17.5 Å². The van der Waals surface area contributed by atoms with Crippen molar-refractivity contribution in [3.05, 3.63) is 46.5 Å². The van der Waals surface area contributed by atoms with E-state index >= 15 is 0 Å². The van der Waals surface area contributed by atoms with Crippen molar-refractivity contribution in [2.75, 3.05) is 6.61 Å². The number of ether oxygens (including phenoxy) is 1. The Balaban J connectivity index is 1.44. The second kappa shape index (κ2) is 6.74. The molecule has 1 amide bonds. The van der Waals surface area contributed by atoms with Crippen LogP contribution in [0.4, 0.5) is 13.2 Å². The molecule has 1 aromatic carbocycles. The van der Waals surface area contributed by atoms with E-state index in [1.165, 1.54) is 10.8 Å². The normalized spacial score (nSPS) is 21.8. The minimum absolute atomic E-state index is 0.00438. The average Bonchev–Trinajstić information content (AvgIpc) is 3.04. The van der Waals surface area contributed by atoms with Gasteiger partial charge in [0, 0.05) is 24.2 Å². The first kappa shape index (κ1) is 18.2. The van der Waals surface area contributed by atoms with Gasteiger partial charge < -0.3 is 14.6 Å². The Morgan fingerprint density at radius 2 is 2.19 bits per heavy atom. The van der Waals surface area contributed by atoms with Crippen LogP contribution < -0.4 is 10.1 Å².